The zero-order valence-electron chi connectivity index (χ0n) is 17.2. The summed E-state index contributed by atoms with van der Waals surface area (Å²) in [5.74, 6) is -0.364. The van der Waals surface area contributed by atoms with E-state index in [2.05, 4.69) is 4.85 Å². The van der Waals surface area contributed by atoms with Crippen LogP contribution in [0.4, 0.5) is 0 Å². The first kappa shape index (κ1) is 22.4. The van der Waals surface area contributed by atoms with Gasteiger partial charge in [-0.05, 0) is 17.5 Å². The highest BCUT2D eigenvalue weighted by Gasteiger charge is 2.33. The van der Waals surface area contributed by atoms with Gasteiger partial charge in [-0.3, -0.25) is 9.59 Å². The molecule has 0 N–H and O–H groups in total. The fraction of sp³-hybridized carbons (Fsp3) is 0.476. The van der Waals surface area contributed by atoms with Crippen LogP contribution >= 0.6 is 23.5 Å². The summed E-state index contributed by atoms with van der Waals surface area (Å²) in [6, 6.07) is 3.29. The molecule has 5 nitrogen and oxygen atoms in total. The van der Waals surface area contributed by atoms with E-state index < -0.39 is 0 Å². The SMILES string of the molecule is [C-]#[N+]C(=C1Sc2c(OC(=O)C(C)C)ccc(OC(=O)C(C)C)c2S1)C(C)(C)C. The van der Waals surface area contributed by atoms with Gasteiger partial charge < -0.3 is 9.47 Å². The third-order valence-corrected chi connectivity index (χ3v) is 6.41. The Kier molecular flexibility index (Phi) is 6.89. The van der Waals surface area contributed by atoms with E-state index in [-0.39, 0.29) is 29.2 Å². The number of benzene rings is 1. The molecule has 2 rings (SSSR count). The van der Waals surface area contributed by atoms with Gasteiger partial charge in [0.1, 0.15) is 11.5 Å². The predicted octanol–water partition coefficient (Wildman–Crippen LogP) is 6.14. The normalized spacial score (nSPS) is 13.4. The van der Waals surface area contributed by atoms with E-state index in [0.717, 1.165) is 4.24 Å². The fourth-order valence-corrected chi connectivity index (χ4v) is 5.15. The molecule has 0 unspecified atom stereocenters. The third kappa shape index (κ3) is 4.92. The molecule has 0 fully saturated rings. The van der Waals surface area contributed by atoms with Crippen molar-refractivity contribution in [1.82, 2.24) is 0 Å². The quantitative estimate of drug-likeness (QED) is 0.332. The maximum atomic E-state index is 12.1. The number of hydrogen-bond donors (Lipinski definition) is 0. The lowest BCUT2D eigenvalue weighted by molar-refractivity contribution is -0.139. The smallest absolute Gasteiger partial charge is 0.313 e. The van der Waals surface area contributed by atoms with Crippen molar-refractivity contribution in [3.05, 3.63) is 33.5 Å². The Labute approximate surface area is 175 Å². The first-order chi connectivity index (χ1) is 13.0. The molecule has 0 saturated carbocycles. The molecule has 0 aromatic heterocycles. The van der Waals surface area contributed by atoms with E-state index >= 15 is 0 Å². The summed E-state index contributed by atoms with van der Waals surface area (Å²) in [5, 5.41) is 0. The molecular formula is C21H25NO4S2. The molecule has 1 aromatic rings. The van der Waals surface area contributed by atoms with Crippen molar-refractivity contribution in [1.29, 1.82) is 0 Å². The van der Waals surface area contributed by atoms with Crippen molar-refractivity contribution in [2.24, 2.45) is 17.3 Å². The molecule has 0 radical (unpaired) electrons. The van der Waals surface area contributed by atoms with E-state index in [1.165, 1.54) is 23.5 Å². The summed E-state index contributed by atoms with van der Waals surface area (Å²) in [6.07, 6.45) is 0. The zero-order valence-corrected chi connectivity index (χ0v) is 18.8. The molecule has 0 aliphatic carbocycles. The number of allylic oxidation sites excluding steroid dienone is 1. The van der Waals surface area contributed by atoms with Gasteiger partial charge in [-0.15, -0.1) is 0 Å². The van der Waals surface area contributed by atoms with Crippen molar-refractivity contribution < 1.29 is 19.1 Å². The average molecular weight is 420 g/mol. The van der Waals surface area contributed by atoms with Crippen LogP contribution in [0.15, 0.2) is 31.9 Å². The maximum Gasteiger partial charge on any atom is 0.313 e. The number of rotatable bonds is 4. The van der Waals surface area contributed by atoms with Crippen molar-refractivity contribution >= 4 is 35.5 Å². The number of carbonyl (C=O) groups excluding carboxylic acids is 2. The summed E-state index contributed by atoms with van der Waals surface area (Å²) < 4.78 is 11.9. The minimum atomic E-state index is -0.335. The van der Waals surface area contributed by atoms with E-state index in [1.54, 1.807) is 39.8 Å². The van der Waals surface area contributed by atoms with Crippen molar-refractivity contribution in [3.63, 3.8) is 0 Å². The summed E-state index contributed by atoms with van der Waals surface area (Å²) in [7, 11) is 0. The van der Waals surface area contributed by atoms with Crippen LogP contribution in [0.1, 0.15) is 48.5 Å². The first-order valence-electron chi connectivity index (χ1n) is 9.04. The summed E-state index contributed by atoms with van der Waals surface area (Å²) in [4.78, 5) is 29.4. The highest BCUT2D eigenvalue weighted by atomic mass is 32.2. The molecule has 0 atom stereocenters. The highest BCUT2D eigenvalue weighted by Crippen LogP contribution is 2.60. The Morgan fingerprint density at radius 1 is 0.929 bits per heavy atom. The zero-order chi connectivity index (χ0) is 21.2. The molecule has 28 heavy (non-hydrogen) atoms. The third-order valence-electron chi connectivity index (χ3n) is 3.81. The van der Waals surface area contributed by atoms with Crippen LogP contribution in [0.5, 0.6) is 11.5 Å². The van der Waals surface area contributed by atoms with Gasteiger partial charge in [-0.25, -0.2) is 4.85 Å². The minimum Gasteiger partial charge on any atom is -0.425 e. The maximum absolute atomic E-state index is 12.1. The van der Waals surface area contributed by atoms with Crippen LogP contribution in [-0.2, 0) is 9.59 Å². The van der Waals surface area contributed by atoms with Gasteiger partial charge in [-0.2, -0.15) is 0 Å². The Morgan fingerprint density at radius 3 is 1.61 bits per heavy atom. The molecular weight excluding hydrogens is 394 g/mol. The summed E-state index contributed by atoms with van der Waals surface area (Å²) in [5.41, 5.74) is 0.295. The lowest BCUT2D eigenvalue weighted by Gasteiger charge is -2.17. The molecule has 1 aromatic carbocycles. The fourth-order valence-electron chi connectivity index (χ4n) is 2.16. The topological polar surface area (TPSA) is 57.0 Å². The van der Waals surface area contributed by atoms with Gasteiger partial charge in [0, 0.05) is 0 Å². The van der Waals surface area contributed by atoms with Gasteiger partial charge in [0.2, 0.25) is 0 Å². The molecule has 1 heterocycles. The Morgan fingerprint density at radius 2 is 1.32 bits per heavy atom. The molecule has 0 bridgehead atoms. The second kappa shape index (κ2) is 8.62. The van der Waals surface area contributed by atoms with Crippen LogP contribution < -0.4 is 9.47 Å². The monoisotopic (exact) mass is 419 g/mol. The predicted molar refractivity (Wildman–Crippen MR) is 112 cm³/mol. The van der Waals surface area contributed by atoms with Crippen LogP contribution in [0.3, 0.4) is 0 Å². The lowest BCUT2D eigenvalue weighted by atomic mass is 9.93. The molecule has 0 saturated heterocycles. The number of nitrogens with zero attached hydrogens (tertiary/aromatic N) is 1. The first-order valence-corrected chi connectivity index (χ1v) is 10.7. The molecule has 0 spiro atoms. The second-order valence-corrected chi connectivity index (χ2v) is 10.4. The molecule has 0 amide bonds. The van der Waals surface area contributed by atoms with E-state index in [0.29, 0.717) is 27.0 Å². The summed E-state index contributed by atoms with van der Waals surface area (Å²) in [6.45, 7) is 20.6. The average Bonchev–Trinajstić information content (AvgIpc) is 3.01. The number of hydrogen-bond acceptors (Lipinski definition) is 6. The van der Waals surface area contributed by atoms with Crippen LogP contribution in [-0.4, -0.2) is 11.9 Å². The molecule has 150 valence electrons. The van der Waals surface area contributed by atoms with Gasteiger partial charge >= 0.3 is 11.9 Å². The van der Waals surface area contributed by atoms with Gasteiger partial charge in [0.25, 0.3) is 0 Å². The van der Waals surface area contributed by atoms with E-state index in [4.69, 9.17) is 16.0 Å². The van der Waals surface area contributed by atoms with Crippen molar-refractivity contribution in [2.75, 3.05) is 0 Å². The number of fused-ring (bicyclic) bond motifs is 1. The van der Waals surface area contributed by atoms with Crippen LogP contribution in [0.2, 0.25) is 0 Å². The largest absolute Gasteiger partial charge is 0.425 e. The van der Waals surface area contributed by atoms with Gasteiger partial charge in [0.05, 0.1) is 32.4 Å². The van der Waals surface area contributed by atoms with Crippen molar-refractivity contribution in [2.45, 2.75) is 58.3 Å². The van der Waals surface area contributed by atoms with Crippen molar-refractivity contribution in [3.8, 4) is 11.5 Å². The minimum absolute atomic E-state index is 0.267. The number of carbonyl (C=O) groups is 2. The van der Waals surface area contributed by atoms with Gasteiger partial charge in [0.15, 0.2) is 5.70 Å². The second-order valence-electron chi connectivity index (χ2n) is 8.07. The number of thioether (sulfide) groups is 2. The molecule has 1 aliphatic heterocycles. The summed E-state index contributed by atoms with van der Waals surface area (Å²) >= 11 is 2.77. The number of ether oxygens (including phenoxy) is 2. The molecule has 1 aliphatic rings. The van der Waals surface area contributed by atoms with E-state index in [1.807, 2.05) is 20.8 Å². The van der Waals surface area contributed by atoms with Gasteiger partial charge in [-0.1, -0.05) is 72.0 Å². The van der Waals surface area contributed by atoms with Crippen LogP contribution in [0, 0.1) is 23.8 Å². The van der Waals surface area contributed by atoms with E-state index in [9.17, 15) is 9.59 Å². The standard InChI is InChI=1S/C21H25NO4S2/c1-11(2)18(23)25-13-9-10-14(26-19(24)12(3)4)16-15(13)27-20(28-16)17(22-8)21(5,6)7/h9-12H,1-7H3. The Balaban J connectivity index is 2.55. The highest BCUT2D eigenvalue weighted by molar-refractivity contribution is 8.24. The Bertz CT molecular complexity index is 821. The Hall–Kier alpha value is -1.91. The number of esters is 2. The molecule has 7 heteroatoms. The van der Waals surface area contributed by atoms with Crippen LogP contribution in [0.25, 0.3) is 4.85 Å². The lowest BCUT2D eigenvalue weighted by Crippen LogP contribution is -2.16.